The summed E-state index contributed by atoms with van der Waals surface area (Å²) >= 11 is 0. The van der Waals surface area contributed by atoms with Crippen molar-refractivity contribution in [1.29, 1.82) is 0 Å². The molecule has 0 aliphatic carbocycles. The van der Waals surface area contributed by atoms with Gasteiger partial charge in [-0.15, -0.1) is 12.3 Å². The largest absolute Gasteiger partial charge is 0.420 e. The normalized spacial score (nSPS) is 14.4. The molecule has 0 bridgehead atoms. The molecule has 1 aromatic heterocycles. The molecule has 1 aliphatic rings. The van der Waals surface area contributed by atoms with Crippen LogP contribution in [0.2, 0.25) is 0 Å². The number of para-hydroxylation sites is 2. The molecule has 3 rings (SSSR count). The maximum absolute atomic E-state index is 12.3. The summed E-state index contributed by atoms with van der Waals surface area (Å²) in [6.45, 7) is 0.809. The number of oxazole rings is 1. The first-order chi connectivity index (χ1) is 12.0. The number of rotatable bonds is 8. The molecule has 0 N–H and O–H groups in total. The molecule has 0 unspecified atom stereocenters. The molecule has 0 radical (unpaired) electrons. The second-order valence-electron chi connectivity index (χ2n) is 6.19. The molecule has 7 nitrogen and oxygen atoms in total. The Morgan fingerprint density at radius 1 is 1.36 bits per heavy atom. The molecule has 0 atom stereocenters. The summed E-state index contributed by atoms with van der Waals surface area (Å²) in [5.74, 6) is 2.16. The first-order valence-corrected chi connectivity index (χ1v) is 8.24. The van der Waals surface area contributed by atoms with E-state index in [9.17, 15) is 9.59 Å². The molecule has 7 heteroatoms. The monoisotopic (exact) mass is 340 g/mol. The average Bonchev–Trinajstić information content (AvgIpc) is 3.32. The van der Waals surface area contributed by atoms with Crippen LogP contribution >= 0.6 is 0 Å². The maximum Gasteiger partial charge on any atom is 0.420 e. The highest BCUT2D eigenvalue weighted by Crippen LogP contribution is 2.37. The highest BCUT2D eigenvalue weighted by molar-refractivity contribution is 5.76. The van der Waals surface area contributed by atoms with Gasteiger partial charge in [-0.2, -0.15) is 10.2 Å². The van der Waals surface area contributed by atoms with Gasteiger partial charge in [-0.1, -0.05) is 12.1 Å². The molecule has 0 saturated heterocycles. The molecule has 130 valence electrons. The number of hydrogen-bond acceptors (Lipinski definition) is 5. The molecule has 2 aromatic rings. The number of nitrogens with zero attached hydrogens (tertiary/aromatic N) is 4. The number of hydrogen-bond donors (Lipinski definition) is 0. The number of terminal acetylenes is 1. The number of carbonyl (C=O) groups excluding carboxylic acids is 1. The fraction of sp³-hybridized carbons (Fsp3) is 0.444. The number of carbonyl (C=O) groups is 1. The van der Waals surface area contributed by atoms with Crippen LogP contribution < -0.4 is 5.76 Å². The molecule has 1 amide bonds. The first-order valence-electron chi connectivity index (χ1n) is 8.24. The van der Waals surface area contributed by atoms with E-state index < -0.39 is 11.4 Å². The molecular formula is C18H20N4O3. The van der Waals surface area contributed by atoms with Gasteiger partial charge >= 0.3 is 5.76 Å². The van der Waals surface area contributed by atoms with Crippen molar-refractivity contribution in [2.24, 2.45) is 10.2 Å². The van der Waals surface area contributed by atoms with Crippen LogP contribution in [0.5, 0.6) is 0 Å². The molecule has 1 aliphatic heterocycles. The van der Waals surface area contributed by atoms with Crippen LogP contribution in [0.25, 0.3) is 11.1 Å². The fourth-order valence-corrected chi connectivity index (χ4v) is 2.77. The minimum absolute atomic E-state index is 0.00164. The van der Waals surface area contributed by atoms with Crippen LogP contribution in [0, 0.1) is 12.3 Å². The Morgan fingerprint density at radius 3 is 2.84 bits per heavy atom. The van der Waals surface area contributed by atoms with E-state index in [-0.39, 0.29) is 5.91 Å². The standard InChI is InChI=1S/C18H20N4O3/c1-3-4-10-18(19-20-18)11-9-16(23)21(2)12-13-22-14-7-5-6-8-15(14)25-17(22)24/h1,5-8H,4,9-13H2,2H3. The molecule has 0 fully saturated rings. The van der Waals surface area contributed by atoms with Crippen molar-refractivity contribution in [2.45, 2.75) is 37.9 Å². The molecule has 0 spiro atoms. The highest BCUT2D eigenvalue weighted by Gasteiger charge is 2.39. The Labute approximate surface area is 145 Å². The minimum Gasteiger partial charge on any atom is -0.408 e. The van der Waals surface area contributed by atoms with Gasteiger partial charge in [0, 0.05) is 45.8 Å². The maximum atomic E-state index is 12.3. The third-order valence-electron chi connectivity index (χ3n) is 4.45. The van der Waals surface area contributed by atoms with Crippen molar-refractivity contribution in [1.82, 2.24) is 9.47 Å². The Balaban J connectivity index is 1.53. The van der Waals surface area contributed by atoms with E-state index in [0.29, 0.717) is 44.4 Å². The third kappa shape index (κ3) is 3.79. The smallest absolute Gasteiger partial charge is 0.408 e. The van der Waals surface area contributed by atoms with E-state index in [1.54, 1.807) is 22.6 Å². The van der Waals surface area contributed by atoms with Crippen molar-refractivity contribution >= 4 is 17.0 Å². The van der Waals surface area contributed by atoms with Gasteiger partial charge < -0.3 is 9.32 Å². The summed E-state index contributed by atoms with van der Waals surface area (Å²) in [5, 5.41) is 8.07. The van der Waals surface area contributed by atoms with Gasteiger partial charge in [-0.3, -0.25) is 9.36 Å². The van der Waals surface area contributed by atoms with Crippen molar-refractivity contribution in [2.75, 3.05) is 13.6 Å². The molecular weight excluding hydrogens is 320 g/mol. The first kappa shape index (κ1) is 17.0. The second-order valence-corrected chi connectivity index (χ2v) is 6.19. The molecule has 2 heterocycles. The molecule has 0 saturated carbocycles. The lowest BCUT2D eigenvalue weighted by Crippen LogP contribution is -2.32. The van der Waals surface area contributed by atoms with E-state index in [1.165, 1.54) is 0 Å². The molecule has 25 heavy (non-hydrogen) atoms. The van der Waals surface area contributed by atoms with Gasteiger partial charge in [0.15, 0.2) is 11.2 Å². The average molecular weight is 340 g/mol. The number of benzene rings is 1. The lowest BCUT2D eigenvalue weighted by molar-refractivity contribution is -0.130. The minimum atomic E-state index is -0.444. The number of amides is 1. The summed E-state index contributed by atoms with van der Waals surface area (Å²) in [6.07, 6.45) is 7.49. The topological polar surface area (TPSA) is 80.2 Å². The van der Waals surface area contributed by atoms with Gasteiger partial charge in [0.1, 0.15) is 0 Å². The van der Waals surface area contributed by atoms with Crippen molar-refractivity contribution in [3.05, 3.63) is 34.8 Å². The van der Waals surface area contributed by atoms with E-state index >= 15 is 0 Å². The fourth-order valence-electron chi connectivity index (χ4n) is 2.77. The summed E-state index contributed by atoms with van der Waals surface area (Å²) in [6, 6.07) is 7.24. The summed E-state index contributed by atoms with van der Waals surface area (Å²) in [5.41, 5.74) is 0.840. The third-order valence-corrected chi connectivity index (χ3v) is 4.45. The SMILES string of the molecule is C#CCCC1(CCC(=O)N(C)CCn2c(=O)oc3ccccc32)N=N1. The van der Waals surface area contributed by atoms with E-state index in [1.807, 2.05) is 18.2 Å². The second kappa shape index (κ2) is 6.93. The van der Waals surface area contributed by atoms with Crippen LogP contribution in [0.3, 0.4) is 0 Å². The van der Waals surface area contributed by atoms with Crippen LogP contribution in [0.1, 0.15) is 25.7 Å². The zero-order valence-electron chi connectivity index (χ0n) is 14.1. The predicted octanol–water partition coefficient (Wildman–Crippen LogP) is 2.41. The Kier molecular flexibility index (Phi) is 4.70. The number of fused-ring (bicyclic) bond motifs is 1. The van der Waals surface area contributed by atoms with Crippen LogP contribution in [-0.4, -0.2) is 34.6 Å². The van der Waals surface area contributed by atoms with Crippen LogP contribution in [0.15, 0.2) is 43.7 Å². The Hall–Kier alpha value is -2.88. The van der Waals surface area contributed by atoms with E-state index in [2.05, 4.69) is 16.1 Å². The van der Waals surface area contributed by atoms with Gasteiger partial charge in [0.2, 0.25) is 5.91 Å². The quantitative estimate of drug-likeness (QED) is 0.692. The van der Waals surface area contributed by atoms with Crippen LogP contribution in [-0.2, 0) is 11.3 Å². The molecule has 1 aromatic carbocycles. The van der Waals surface area contributed by atoms with Gasteiger partial charge in [-0.05, 0) is 12.1 Å². The lowest BCUT2D eigenvalue weighted by atomic mass is 10.0. The van der Waals surface area contributed by atoms with Crippen molar-refractivity contribution < 1.29 is 9.21 Å². The summed E-state index contributed by atoms with van der Waals surface area (Å²) in [7, 11) is 1.73. The summed E-state index contributed by atoms with van der Waals surface area (Å²) in [4.78, 5) is 25.8. The van der Waals surface area contributed by atoms with Gasteiger partial charge in [0.05, 0.1) is 5.52 Å². The zero-order chi connectivity index (χ0) is 17.9. The number of likely N-dealkylation sites (N-methyl/N-ethyl adjacent to an activating group) is 1. The van der Waals surface area contributed by atoms with E-state index in [4.69, 9.17) is 10.8 Å². The van der Waals surface area contributed by atoms with Gasteiger partial charge in [-0.25, -0.2) is 4.79 Å². The van der Waals surface area contributed by atoms with Crippen LogP contribution in [0.4, 0.5) is 0 Å². The van der Waals surface area contributed by atoms with E-state index in [0.717, 1.165) is 5.52 Å². The zero-order valence-corrected chi connectivity index (χ0v) is 14.1. The Morgan fingerprint density at radius 2 is 2.12 bits per heavy atom. The predicted molar refractivity (Wildman–Crippen MR) is 93.0 cm³/mol. The van der Waals surface area contributed by atoms with Gasteiger partial charge in [0.25, 0.3) is 0 Å². The summed E-state index contributed by atoms with van der Waals surface area (Å²) < 4.78 is 6.73. The van der Waals surface area contributed by atoms with Crippen molar-refractivity contribution in [3.63, 3.8) is 0 Å². The number of aromatic nitrogens is 1. The lowest BCUT2D eigenvalue weighted by Gasteiger charge is -2.18. The highest BCUT2D eigenvalue weighted by atomic mass is 16.4. The Bertz CT molecular complexity index is 897. The van der Waals surface area contributed by atoms with Crippen molar-refractivity contribution in [3.8, 4) is 12.3 Å².